The van der Waals surface area contributed by atoms with Crippen LogP contribution in [-0.4, -0.2) is 25.9 Å². The third kappa shape index (κ3) is 3.34. The van der Waals surface area contributed by atoms with Gasteiger partial charge < -0.3 is 5.21 Å². The number of hydrogen-bond donors (Lipinski definition) is 1. The van der Waals surface area contributed by atoms with Crippen molar-refractivity contribution in [3.05, 3.63) is 40.7 Å². The molecule has 0 saturated heterocycles. The van der Waals surface area contributed by atoms with Crippen LogP contribution in [0.25, 0.3) is 5.69 Å². The zero-order valence-corrected chi connectivity index (χ0v) is 12.2. The maximum atomic E-state index is 12.9. The van der Waals surface area contributed by atoms with Gasteiger partial charge in [-0.3, -0.25) is 0 Å². The second-order valence-corrected chi connectivity index (χ2v) is 4.88. The van der Waals surface area contributed by atoms with Crippen molar-refractivity contribution in [2.24, 2.45) is 5.16 Å². The Labute approximate surface area is 131 Å². The number of halogens is 6. The molecule has 0 radical (unpaired) electrons. The van der Waals surface area contributed by atoms with E-state index < -0.39 is 29.2 Å². The van der Waals surface area contributed by atoms with Crippen molar-refractivity contribution in [3.63, 3.8) is 0 Å². The molecule has 1 N–H and O–H groups in total. The molecular formula is C13H10F6N4O. The van der Waals surface area contributed by atoms with E-state index >= 15 is 0 Å². The number of aromatic nitrogens is 3. The van der Waals surface area contributed by atoms with Crippen molar-refractivity contribution in [1.29, 1.82) is 0 Å². The molecule has 0 fully saturated rings. The van der Waals surface area contributed by atoms with E-state index in [0.29, 0.717) is 12.1 Å². The van der Waals surface area contributed by atoms with Crippen molar-refractivity contribution in [1.82, 2.24) is 15.0 Å². The number of oxime groups is 1. The number of alkyl halides is 6. The number of rotatable bonds is 2. The van der Waals surface area contributed by atoms with Crippen LogP contribution in [0.2, 0.25) is 0 Å². The number of hydrogen-bond acceptors (Lipinski definition) is 4. The Hall–Kier alpha value is -2.59. The summed E-state index contributed by atoms with van der Waals surface area (Å²) in [6.07, 6.45) is -9.93. The Balaban J connectivity index is 2.69. The highest BCUT2D eigenvalue weighted by atomic mass is 19.4. The normalized spacial score (nSPS) is 13.4. The molecular weight excluding hydrogens is 342 g/mol. The summed E-state index contributed by atoms with van der Waals surface area (Å²) in [4.78, 5) is 0. The molecule has 0 atom stereocenters. The summed E-state index contributed by atoms with van der Waals surface area (Å²) in [6.45, 7) is 2.73. The average molecular weight is 352 g/mol. The summed E-state index contributed by atoms with van der Waals surface area (Å²) >= 11 is 0. The molecule has 2 aromatic rings. The minimum Gasteiger partial charge on any atom is -0.411 e. The Kier molecular flexibility index (Phi) is 4.29. The quantitative estimate of drug-likeness (QED) is 0.387. The van der Waals surface area contributed by atoms with Crippen LogP contribution >= 0.6 is 0 Å². The minimum atomic E-state index is -4.96. The Bertz CT molecular complexity index is 758. The first-order valence-corrected chi connectivity index (χ1v) is 6.36. The number of benzene rings is 1. The maximum Gasteiger partial charge on any atom is 0.416 e. The summed E-state index contributed by atoms with van der Waals surface area (Å²) in [5.41, 5.74) is -3.20. The van der Waals surface area contributed by atoms with E-state index in [1.54, 1.807) is 0 Å². The molecule has 1 aromatic carbocycles. The fourth-order valence-electron chi connectivity index (χ4n) is 2.02. The lowest BCUT2D eigenvalue weighted by atomic mass is 10.1. The van der Waals surface area contributed by atoms with Crippen molar-refractivity contribution in [2.75, 3.05) is 0 Å². The second kappa shape index (κ2) is 5.80. The molecule has 0 unspecified atom stereocenters. The Morgan fingerprint density at radius 2 is 1.54 bits per heavy atom. The van der Waals surface area contributed by atoms with Crippen LogP contribution in [0.4, 0.5) is 26.3 Å². The Morgan fingerprint density at radius 3 is 1.96 bits per heavy atom. The van der Waals surface area contributed by atoms with Gasteiger partial charge in [-0.1, -0.05) is 10.4 Å². The van der Waals surface area contributed by atoms with Gasteiger partial charge in [-0.2, -0.15) is 26.3 Å². The number of nitrogens with zero attached hydrogens (tertiary/aromatic N) is 4. The SMILES string of the molecule is C/C(=N/O)c1nnn(-c2cc(C(F)(F)F)cc(C(F)(F)F)c2)c1C. The summed E-state index contributed by atoms with van der Waals surface area (Å²) in [5.74, 6) is 0. The molecule has 0 aliphatic rings. The van der Waals surface area contributed by atoms with Crippen LogP contribution in [0.15, 0.2) is 23.4 Å². The average Bonchev–Trinajstić information content (AvgIpc) is 2.86. The molecule has 0 saturated carbocycles. The lowest BCUT2D eigenvalue weighted by Gasteiger charge is -2.14. The smallest absolute Gasteiger partial charge is 0.411 e. The predicted molar refractivity (Wildman–Crippen MR) is 70.1 cm³/mol. The molecule has 0 aliphatic carbocycles. The van der Waals surface area contributed by atoms with Gasteiger partial charge in [-0.25, -0.2) is 4.68 Å². The van der Waals surface area contributed by atoms with Gasteiger partial charge in [-0.15, -0.1) is 5.10 Å². The standard InChI is InChI=1S/C13H10F6N4O/c1-6(21-24)11-7(2)23(22-20-11)10-4-8(12(14,15)16)3-9(5-10)13(17,18)19/h3-5,24H,1-2H3/b21-6-. The fraction of sp³-hybridized carbons (Fsp3) is 0.308. The third-order valence-electron chi connectivity index (χ3n) is 3.20. The van der Waals surface area contributed by atoms with Crippen molar-refractivity contribution in [2.45, 2.75) is 26.2 Å². The monoisotopic (exact) mass is 352 g/mol. The topological polar surface area (TPSA) is 63.3 Å². The largest absolute Gasteiger partial charge is 0.416 e. The molecule has 0 bridgehead atoms. The molecule has 0 amide bonds. The van der Waals surface area contributed by atoms with Crippen LogP contribution in [-0.2, 0) is 12.4 Å². The summed E-state index contributed by atoms with van der Waals surface area (Å²) < 4.78 is 78.1. The second-order valence-electron chi connectivity index (χ2n) is 4.88. The zero-order valence-electron chi connectivity index (χ0n) is 12.2. The van der Waals surface area contributed by atoms with Gasteiger partial charge in [0.05, 0.1) is 22.5 Å². The van der Waals surface area contributed by atoms with Crippen molar-refractivity contribution >= 4 is 5.71 Å². The Morgan fingerprint density at radius 1 is 1.04 bits per heavy atom. The fourth-order valence-corrected chi connectivity index (χ4v) is 2.02. The highest BCUT2D eigenvalue weighted by molar-refractivity contribution is 5.97. The van der Waals surface area contributed by atoms with E-state index in [-0.39, 0.29) is 23.2 Å². The van der Waals surface area contributed by atoms with Gasteiger partial charge in [0.2, 0.25) is 0 Å². The molecule has 1 heterocycles. The van der Waals surface area contributed by atoms with E-state index in [4.69, 9.17) is 5.21 Å². The maximum absolute atomic E-state index is 12.9. The van der Waals surface area contributed by atoms with Crippen molar-refractivity contribution < 1.29 is 31.5 Å². The van der Waals surface area contributed by atoms with E-state index in [1.165, 1.54) is 13.8 Å². The van der Waals surface area contributed by atoms with E-state index in [0.717, 1.165) is 4.68 Å². The van der Waals surface area contributed by atoms with E-state index in [2.05, 4.69) is 15.5 Å². The van der Waals surface area contributed by atoms with Crippen LogP contribution in [0.5, 0.6) is 0 Å². The molecule has 5 nitrogen and oxygen atoms in total. The summed E-state index contributed by atoms with van der Waals surface area (Å²) in [5, 5.41) is 18.7. The van der Waals surface area contributed by atoms with Crippen LogP contribution < -0.4 is 0 Å². The molecule has 2 rings (SSSR count). The van der Waals surface area contributed by atoms with Gasteiger partial charge in [0.1, 0.15) is 11.4 Å². The molecule has 0 spiro atoms. The first-order valence-electron chi connectivity index (χ1n) is 6.36. The van der Waals surface area contributed by atoms with Gasteiger partial charge in [0.25, 0.3) is 0 Å². The minimum absolute atomic E-state index is 0.0155. The van der Waals surface area contributed by atoms with Gasteiger partial charge >= 0.3 is 12.4 Å². The first kappa shape index (κ1) is 17.8. The first-order chi connectivity index (χ1) is 10.9. The highest BCUT2D eigenvalue weighted by Gasteiger charge is 2.37. The highest BCUT2D eigenvalue weighted by Crippen LogP contribution is 2.37. The van der Waals surface area contributed by atoms with Crippen LogP contribution in [0.3, 0.4) is 0 Å². The van der Waals surface area contributed by atoms with Gasteiger partial charge in [0, 0.05) is 0 Å². The molecule has 1 aromatic heterocycles. The molecule has 130 valence electrons. The predicted octanol–water partition coefficient (Wildman–Crippen LogP) is 3.81. The van der Waals surface area contributed by atoms with Crippen molar-refractivity contribution in [3.8, 4) is 5.69 Å². The van der Waals surface area contributed by atoms with E-state index in [1.807, 2.05) is 0 Å². The summed E-state index contributed by atoms with van der Waals surface area (Å²) in [7, 11) is 0. The lowest BCUT2D eigenvalue weighted by Crippen LogP contribution is -2.13. The lowest BCUT2D eigenvalue weighted by molar-refractivity contribution is -0.143. The third-order valence-corrected chi connectivity index (χ3v) is 3.20. The van der Waals surface area contributed by atoms with E-state index in [9.17, 15) is 26.3 Å². The summed E-state index contributed by atoms with van der Waals surface area (Å²) in [6, 6.07) is 1.09. The zero-order chi connectivity index (χ0) is 18.3. The molecule has 11 heteroatoms. The van der Waals surface area contributed by atoms with Crippen LogP contribution in [0, 0.1) is 6.92 Å². The molecule has 0 aliphatic heterocycles. The van der Waals surface area contributed by atoms with Gasteiger partial charge in [0.15, 0.2) is 0 Å². The van der Waals surface area contributed by atoms with Crippen LogP contribution in [0.1, 0.15) is 29.4 Å². The molecule has 24 heavy (non-hydrogen) atoms. The van der Waals surface area contributed by atoms with Gasteiger partial charge in [-0.05, 0) is 32.0 Å².